The second kappa shape index (κ2) is 7.72. The molecule has 0 aliphatic heterocycles. The number of carboxylic acid groups (broad SMARTS) is 1. The van der Waals surface area contributed by atoms with Crippen molar-refractivity contribution in [1.29, 1.82) is 0 Å². The van der Waals surface area contributed by atoms with E-state index in [0.29, 0.717) is 31.4 Å². The maximum atomic E-state index is 13.5. The number of anilines is 1. The summed E-state index contributed by atoms with van der Waals surface area (Å²) in [4.78, 5) is 23.2. The lowest BCUT2D eigenvalue weighted by Gasteiger charge is -2.27. The van der Waals surface area contributed by atoms with Gasteiger partial charge in [0.05, 0.1) is 11.6 Å². The van der Waals surface area contributed by atoms with Gasteiger partial charge < -0.3 is 20.5 Å². The van der Waals surface area contributed by atoms with Gasteiger partial charge in [0.15, 0.2) is 0 Å². The Hall–Kier alpha value is -2.31. The normalized spacial score (nSPS) is 20.6. The lowest BCUT2D eigenvalue weighted by Crippen LogP contribution is -2.41. The molecule has 0 radical (unpaired) electrons. The summed E-state index contributed by atoms with van der Waals surface area (Å²) in [5.74, 6) is -1.29. The van der Waals surface area contributed by atoms with Gasteiger partial charge in [-0.2, -0.15) is 0 Å². The topological polar surface area (TPSA) is 87.7 Å². The molecule has 1 aromatic rings. The van der Waals surface area contributed by atoms with Crippen LogP contribution in [-0.2, 0) is 4.79 Å². The first-order chi connectivity index (χ1) is 11.6. The molecular weight excluding hydrogens is 327 g/mol. The Morgan fingerprint density at radius 3 is 2.40 bits per heavy atom. The molecule has 7 heteroatoms. The van der Waals surface area contributed by atoms with Crippen LogP contribution in [0, 0.1) is 11.7 Å². The van der Waals surface area contributed by atoms with E-state index in [1.54, 1.807) is 0 Å². The number of hydrogen-bond acceptors (Lipinski definition) is 3. The third-order valence-electron chi connectivity index (χ3n) is 4.02. The molecule has 3 N–H and O–H groups in total. The number of aliphatic carboxylic acids is 1. The largest absolute Gasteiger partial charge is 0.486 e. The standard InChI is InChI=1S/C18H25FN2O4/c1-18(2,3)25-15-10-12(19)6-9-14(15)21-17(24)20-13-7-4-11(5-8-13)16(22)23/h6,9-11,13H,4-5,7-8H2,1-3H3,(H,22,23)(H2,20,21,24). The first-order valence-electron chi connectivity index (χ1n) is 8.43. The lowest BCUT2D eigenvalue weighted by molar-refractivity contribution is -0.142. The van der Waals surface area contributed by atoms with Crippen LogP contribution >= 0.6 is 0 Å². The molecule has 0 bridgehead atoms. The zero-order chi connectivity index (χ0) is 18.6. The lowest BCUT2D eigenvalue weighted by atomic mass is 9.86. The fourth-order valence-corrected chi connectivity index (χ4v) is 2.84. The number of carboxylic acids is 1. The Balaban J connectivity index is 1.96. The highest BCUT2D eigenvalue weighted by atomic mass is 19.1. The predicted molar refractivity (Wildman–Crippen MR) is 92.3 cm³/mol. The predicted octanol–water partition coefficient (Wildman–Crippen LogP) is 3.77. The van der Waals surface area contributed by atoms with Gasteiger partial charge in [-0.15, -0.1) is 0 Å². The number of urea groups is 1. The van der Waals surface area contributed by atoms with Crippen molar-refractivity contribution in [2.75, 3.05) is 5.32 Å². The Bertz CT molecular complexity index is 634. The molecule has 1 aliphatic carbocycles. The highest BCUT2D eigenvalue weighted by Gasteiger charge is 2.27. The highest BCUT2D eigenvalue weighted by molar-refractivity contribution is 5.91. The Labute approximate surface area is 146 Å². The summed E-state index contributed by atoms with van der Waals surface area (Å²) in [5, 5.41) is 14.5. The second-order valence-electron chi connectivity index (χ2n) is 7.34. The molecule has 2 amide bonds. The molecule has 0 spiro atoms. The third kappa shape index (κ3) is 5.92. The van der Waals surface area contributed by atoms with Crippen molar-refractivity contribution < 1.29 is 23.8 Å². The van der Waals surface area contributed by atoms with Crippen LogP contribution in [0.15, 0.2) is 18.2 Å². The number of ether oxygens (including phenoxy) is 1. The number of halogens is 1. The number of nitrogens with one attached hydrogen (secondary N) is 2. The number of hydrogen-bond donors (Lipinski definition) is 3. The van der Waals surface area contributed by atoms with Gasteiger partial charge in [0.1, 0.15) is 17.2 Å². The molecule has 1 aromatic carbocycles. The van der Waals surface area contributed by atoms with Crippen molar-refractivity contribution in [2.45, 2.75) is 58.1 Å². The monoisotopic (exact) mass is 352 g/mol. The van der Waals surface area contributed by atoms with Crippen molar-refractivity contribution in [2.24, 2.45) is 5.92 Å². The van der Waals surface area contributed by atoms with E-state index in [9.17, 15) is 14.0 Å². The minimum atomic E-state index is -0.779. The van der Waals surface area contributed by atoms with Crippen molar-refractivity contribution in [3.8, 4) is 5.75 Å². The SMILES string of the molecule is CC(C)(C)Oc1cc(F)ccc1NC(=O)NC1CCC(C(=O)O)CC1. The molecule has 1 aliphatic rings. The van der Waals surface area contributed by atoms with Crippen molar-refractivity contribution in [3.63, 3.8) is 0 Å². The zero-order valence-electron chi connectivity index (χ0n) is 14.8. The van der Waals surface area contributed by atoms with Gasteiger partial charge in [0, 0.05) is 12.1 Å². The van der Waals surface area contributed by atoms with Gasteiger partial charge in [-0.3, -0.25) is 4.79 Å². The van der Waals surface area contributed by atoms with Crippen LogP contribution in [0.1, 0.15) is 46.5 Å². The fraction of sp³-hybridized carbons (Fsp3) is 0.556. The van der Waals surface area contributed by atoms with E-state index in [4.69, 9.17) is 9.84 Å². The average molecular weight is 352 g/mol. The van der Waals surface area contributed by atoms with E-state index < -0.39 is 23.4 Å². The number of benzene rings is 1. The molecule has 0 heterocycles. The summed E-state index contributed by atoms with van der Waals surface area (Å²) in [7, 11) is 0. The molecule has 138 valence electrons. The van der Waals surface area contributed by atoms with E-state index in [-0.39, 0.29) is 17.7 Å². The van der Waals surface area contributed by atoms with Gasteiger partial charge in [-0.05, 0) is 58.6 Å². The van der Waals surface area contributed by atoms with Crippen LogP contribution < -0.4 is 15.4 Å². The highest BCUT2D eigenvalue weighted by Crippen LogP contribution is 2.29. The van der Waals surface area contributed by atoms with Crippen molar-refractivity contribution in [3.05, 3.63) is 24.0 Å². The maximum Gasteiger partial charge on any atom is 0.319 e. The van der Waals surface area contributed by atoms with Gasteiger partial charge in [-0.1, -0.05) is 0 Å². The summed E-state index contributed by atoms with van der Waals surface area (Å²) >= 11 is 0. The quantitative estimate of drug-likeness (QED) is 0.770. The molecule has 1 saturated carbocycles. The van der Waals surface area contributed by atoms with Gasteiger partial charge in [-0.25, -0.2) is 9.18 Å². The van der Waals surface area contributed by atoms with Gasteiger partial charge in [0.25, 0.3) is 0 Å². The molecule has 0 aromatic heterocycles. The van der Waals surface area contributed by atoms with Crippen molar-refractivity contribution in [1.82, 2.24) is 5.32 Å². The molecule has 0 unspecified atom stereocenters. The summed E-state index contributed by atoms with van der Waals surface area (Å²) in [6.45, 7) is 5.51. The van der Waals surface area contributed by atoms with Crippen LogP contribution in [0.5, 0.6) is 5.75 Å². The Kier molecular flexibility index (Phi) is 5.87. The van der Waals surface area contributed by atoms with Crippen molar-refractivity contribution >= 4 is 17.7 Å². The zero-order valence-corrected chi connectivity index (χ0v) is 14.8. The fourth-order valence-electron chi connectivity index (χ4n) is 2.84. The van der Waals surface area contributed by atoms with E-state index in [0.717, 1.165) is 0 Å². The van der Waals surface area contributed by atoms with Crippen LogP contribution in [0.3, 0.4) is 0 Å². The first-order valence-corrected chi connectivity index (χ1v) is 8.43. The first kappa shape index (κ1) is 19.0. The average Bonchev–Trinajstić information content (AvgIpc) is 2.49. The molecule has 0 saturated heterocycles. The Morgan fingerprint density at radius 2 is 1.84 bits per heavy atom. The molecule has 1 fully saturated rings. The third-order valence-corrected chi connectivity index (χ3v) is 4.02. The van der Waals surface area contributed by atoms with Crippen LogP contribution in [-0.4, -0.2) is 28.7 Å². The second-order valence-corrected chi connectivity index (χ2v) is 7.34. The molecule has 2 rings (SSSR count). The maximum absolute atomic E-state index is 13.5. The summed E-state index contributed by atoms with van der Waals surface area (Å²) in [6, 6.07) is 3.46. The van der Waals surface area contributed by atoms with E-state index in [2.05, 4.69) is 10.6 Å². The van der Waals surface area contributed by atoms with Crippen LogP contribution in [0.25, 0.3) is 0 Å². The van der Waals surface area contributed by atoms with Crippen LogP contribution in [0.4, 0.5) is 14.9 Å². The van der Waals surface area contributed by atoms with Gasteiger partial charge in [0.2, 0.25) is 0 Å². The molecule has 25 heavy (non-hydrogen) atoms. The van der Waals surface area contributed by atoms with Gasteiger partial charge >= 0.3 is 12.0 Å². The van der Waals surface area contributed by atoms with E-state index in [1.807, 2.05) is 20.8 Å². The summed E-state index contributed by atoms with van der Waals surface area (Å²) in [5.41, 5.74) is -0.149. The van der Waals surface area contributed by atoms with E-state index >= 15 is 0 Å². The molecular formula is C18H25FN2O4. The number of amides is 2. The summed E-state index contributed by atoms with van der Waals surface area (Å²) in [6.07, 6.45) is 2.35. The summed E-state index contributed by atoms with van der Waals surface area (Å²) < 4.78 is 19.2. The molecule has 0 atom stereocenters. The minimum Gasteiger partial charge on any atom is -0.486 e. The smallest absolute Gasteiger partial charge is 0.319 e. The van der Waals surface area contributed by atoms with Crippen LogP contribution in [0.2, 0.25) is 0 Å². The molecule has 6 nitrogen and oxygen atoms in total. The minimum absolute atomic E-state index is 0.0666. The number of carbonyl (C=O) groups is 2. The van der Waals surface area contributed by atoms with E-state index in [1.165, 1.54) is 18.2 Å². The Morgan fingerprint density at radius 1 is 1.20 bits per heavy atom. The number of rotatable bonds is 4. The number of carbonyl (C=O) groups excluding carboxylic acids is 1.